The van der Waals surface area contributed by atoms with Crippen LogP contribution in [0.2, 0.25) is 0 Å². The lowest BCUT2D eigenvalue weighted by Gasteiger charge is -2.00. The monoisotopic (exact) mass is 258 g/mol. The first-order valence-corrected chi connectivity index (χ1v) is 5.02. The van der Waals surface area contributed by atoms with Crippen molar-refractivity contribution in [2.75, 3.05) is 0 Å². The van der Waals surface area contributed by atoms with Gasteiger partial charge in [-0.25, -0.2) is 0 Å². The van der Waals surface area contributed by atoms with Gasteiger partial charge in [0.05, 0.1) is 0 Å². The standard InChI is InChI=1S/C10H11I/c1-10(11)7-9(10)8-5-3-2-4-6-8/h2-6,9H,7H2,1H3/t9-,10+/m0/s1. The van der Waals surface area contributed by atoms with Crippen LogP contribution in [-0.4, -0.2) is 3.42 Å². The highest BCUT2D eigenvalue weighted by atomic mass is 127. The minimum absolute atomic E-state index is 0.541. The highest BCUT2D eigenvalue weighted by molar-refractivity contribution is 14.1. The van der Waals surface area contributed by atoms with E-state index in [-0.39, 0.29) is 0 Å². The molecule has 1 saturated carbocycles. The molecule has 58 valence electrons. The average Bonchev–Trinajstić information content (AvgIpc) is 2.62. The van der Waals surface area contributed by atoms with Gasteiger partial charge in [0, 0.05) is 3.42 Å². The molecule has 0 nitrogen and oxygen atoms in total. The molecule has 0 spiro atoms. The van der Waals surface area contributed by atoms with E-state index in [1.807, 2.05) is 0 Å². The molecule has 0 bridgehead atoms. The van der Waals surface area contributed by atoms with Crippen molar-refractivity contribution < 1.29 is 0 Å². The Labute approximate surface area is 81.1 Å². The average molecular weight is 258 g/mol. The van der Waals surface area contributed by atoms with E-state index in [4.69, 9.17) is 0 Å². The van der Waals surface area contributed by atoms with Crippen LogP contribution in [0.4, 0.5) is 0 Å². The zero-order valence-corrected chi connectivity index (χ0v) is 8.71. The van der Waals surface area contributed by atoms with Crippen LogP contribution in [0, 0.1) is 0 Å². The summed E-state index contributed by atoms with van der Waals surface area (Å²) in [7, 11) is 0. The van der Waals surface area contributed by atoms with Crippen LogP contribution in [-0.2, 0) is 0 Å². The summed E-state index contributed by atoms with van der Waals surface area (Å²) in [5.74, 6) is 0.810. The summed E-state index contributed by atoms with van der Waals surface area (Å²) in [6, 6.07) is 10.8. The quantitative estimate of drug-likeness (QED) is 0.535. The van der Waals surface area contributed by atoms with E-state index >= 15 is 0 Å². The summed E-state index contributed by atoms with van der Waals surface area (Å²) < 4.78 is 0.541. The third kappa shape index (κ3) is 1.43. The summed E-state index contributed by atoms with van der Waals surface area (Å²) in [6.45, 7) is 2.32. The van der Waals surface area contributed by atoms with E-state index in [2.05, 4.69) is 59.8 Å². The van der Waals surface area contributed by atoms with E-state index < -0.39 is 0 Å². The maximum Gasteiger partial charge on any atom is 0.0269 e. The van der Waals surface area contributed by atoms with Gasteiger partial charge in [0.15, 0.2) is 0 Å². The molecule has 11 heavy (non-hydrogen) atoms. The van der Waals surface area contributed by atoms with Crippen LogP contribution in [0.25, 0.3) is 0 Å². The number of hydrogen-bond donors (Lipinski definition) is 0. The van der Waals surface area contributed by atoms with Crippen molar-refractivity contribution in [1.82, 2.24) is 0 Å². The molecule has 1 aromatic carbocycles. The Bertz CT molecular complexity index is 251. The number of hydrogen-bond acceptors (Lipinski definition) is 0. The second-order valence-electron chi connectivity index (χ2n) is 3.45. The molecule has 0 aliphatic heterocycles. The van der Waals surface area contributed by atoms with Crippen LogP contribution >= 0.6 is 22.6 Å². The van der Waals surface area contributed by atoms with Gasteiger partial charge in [0.2, 0.25) is 0 Å². The van der Waals surface area contributed by atoms with Gasteiger partial charge in [-0.05, 0) is 24.8 Å². The van der Waals surface area contributed by atoms with E-state index in [1.165, 1.54) is 12.0 Å². The predicted molar refractivity (Wildman–Crippen MR) is 56.2 cm³/mol. The van der Waals surface area contributed by atoms with Crippen molar-refractivity contribution in [2.45, 2.75) is 22.7 Å². The van der Waals surface area contributed by atoms with E-state index in [0.29, 0.717) is 3.42 Å². The third-order valence-electron chi connectivity index (χ3n) is 2.37. The van der Waals surface area contributed by atoms with Gasteiger partial charge in [-0.3, -0.25) is 0 Å². The molecule has 1 fully saturated rings. The molecule has 1 aromatic rings. The minimum Gasteiger partial charge on any atom is -0.0785 e. The fourth-order valence-electron chi connectivity index (χ4n) is 1.49. The van der Waals surface area contributed by atoms with E-state index in [9.17, 15) is 0 Å². The minimum atomic E-state index is 0.541. The van der Waals surface area contributed by atoms with Crippen LogP contribution in [0.5, 0.6) is 0 Å². The van der Waals surface area contributed by atoms with Crippen molar-refractivity contribution >= 4 is 22.6 Å². The molecule has 0 heterocycles. The lowest BCUT2D eigenvalue weighted by Crippen LogP contribution is -1.91. The first-order chi connectivity index (χ1) is 5.20. The Kier molecular flexibility index (Phi) is 1.71. The highest BCUT2D eigenvalue weighted by Gasteiger charge is 2.48. The molecule has 0 N–H and O–H groups in total. The molecule has 0 unspecified atom stereocenters. The Morgan fingerprint density at radius 1 is 1.36 bits per heavy atom. The smallest absolute Gasteiger partial charge is 0.0269 e. The van der Waals surface area contributed by atoms with Crippen molar-refractivity contribution in [3.05, 3.63) is 35.9 Å². The Morgan fingerprint density at radius 3 is 2.36 bits per heavy atom. The van der Waals surface area contributed by atoms with Gasteiger partial charge in [0.25, 0.3) is 0 Å². The molecule has 1 aliphatic rings. The van der Waals surface area contributed by atoms with Gasteiger partial charge >= 0.3 is 0 Å². The number of alkyl halides is 1. The summed E-state index contributed by atoms with van der Waals surface area (Å²) in [4.78, 5) is 0. The highest BCUT2D eigenvalue weighted by Crippen LogP contribution is 2.57. The number of benzene rings is 1. The van der Waals surface area contributed by atoms with Gasteiger partial charge < -0.3 is 0 Å². The van der Waals surface area contributed by atoms with Crippen molar-refractivity contribution in [1.29, 1.82) is 0 Å². The molecule has 1 aliphatic carbocycles. The van der Waals surface area contributed by atoms with Crippen LogP contribution in [0.15, 0.2) is 30.3 Å². The Hall–Kier alpha value is -0.0500. The molecule has 2 atom stereocenters. The largest absolute Gasteiger partial charge is 0.0785 e. The maximum atomic E-state index is 2.55. The summed E-state index contributed by atoms with van der Waals surface area (Å²) in [5.41, 5.74) is 1.50. The molecule has 2 rings (SSSR count). The normalized spacial score (nSPS) is 35.3. The van der Waals surface area contributed by atoms with Crippen molar-refractivity contribution in [2.24, 2.45) is 0 Å². The Balaban J connectivity index is 2.21. The van der Waals surface area contributed by atoms with E-state index in [1.54, 1.807) is 0 Å². The number of halogens is 1. The first kappa shape index (κ1) is 7.59. The molecule has 0 radical (unpaired) electrons. The molecule has 1 heteroatoms. The molecule has 0 amide bonds. The zero-order valence-electron chi connectivity index (χ0n) is 6.55. The van der Waals surface area contributed by atoms with Gasteiger partial charge in [-0.15, -0.1) is 0 Å². The van der Waals surface area contributed by atoms with Gasteiger partial charge in [0.1, 0.15) is 0 Å². The topological polar surface area (TPSA) is 0 Å². The molecular formula is C10H11I. The zero-order chi connectivity index (χ0) is 7.90. The SMILES string of the molecule is C[C@@]1(I)C[C@H]1c1ccccc1. The van der Waals surface area contributed by atoms with Gasteiger partial charge in [-0.1, -0.05) is 52.9 Å². The molecule has 0 aromatic heterocycles. The summed E-state index contributed by atoms with van der Waals surface area (Å²) in [6.07, 6.45) is 1.34. The lowest BCUT2D eigenvalue weighted by atomic mass is 10.1. The maximum absolute atomic E-state index is 2.55. The third-order valence-corrected chi connectivity index (χ3v) is 3.56. The lowest BCUT2D eigenvalue weighted by molar-refractivity contribution is 1.01. The van der Waals surface area contributed by atoms with Crippen molar-refractivity contribution in [3.8, 4) is 0 Å². The van der Waals surface area contributed by atoms with Crippen LogP contribution < -0.4 is 0 Å². The summed E-state index contributed by atoms with van der Waals surface area (Å²) >= 11 is 2.55. The second kappa shape index (κ2) is 2.47. The van der Waals surface area contributed by atoms with Gasteiger partial charge in [-0.2, -0.15) is 0 Å². The summed E-state index contributed by atoms with van der Waals surface area (Å²) in [5, 5.41) is 0. The van der Waals surface area contributed by atoms with Crippen LogP contribution in [0.3, 0.4) is 0 Å². The predicted octanol–water partition coefficient (Wildman–Crippen LogP) is 3.37. The first-order valence-electron chi connectivity index (χ1n) is 3.94. The Morgan fingerprint density at radius 2 is 1.91 bits per heavy atom. The second-order valence-corrected chi connectivity index (χ2v) is 5.91. The molecule has 0 saturated heterocycles. The number of rotatable bonds is 1. The fraction of sp³-hybridized carbons (Fsp3) is 0.400. The molecular weight excluding hydrogens is 247 g/mol. The van der Waals surface area contributed by atoms with E-state index in [0.717, 1.165) is 5.92 Å². The fourth-order valence-corrected chi connectivity index (χ4v) is 2.29. The van der Waals surface area contributed by atoms with Crippen molar-refractivity contribution in [3.63, 3.8) is 0 Å². The van der Waals surface area contributed by atoms with Crippen LogP contribution in [0.1, 0.15) is 24.8 Å².